The molecule has 1 fully saturated rings. The van der Waals surface area contributed by atoms with Gasteiger partial charge in [0.15, 0.2) is 0 Å². The lowest BCUT2D eigenvalue weighted by molar-refractivity contribution is -0.131. The molecule has 0 saturated carbocycles. The molecule has 2 aromatic heterocycles. The summed E-state index contributed by atoms with van der Waals surface area (Å²) >= 11 is 0. The van der Waals surface area contributed by atoms with Crippen LogP contribution in [0.25, 0.3) is 10.9 Å². The first-order chi connectivity index (χ1) is 15.7. The molecule has 1 amide bonds. The number of carbonyl (C=O) groups excluding carboxylic acids is 1. The summed E-state index contributed by atoms with van der Waals surface area (Å²) in [6.07, 6.45) is 2.15. The second kappa shape index (κ2) is 9.06. The van der Waals surface area contributed by atoms with Crippen LogP contribution >= 0.6 is 0 Å². The fraction of sp³-hybridized carbons (Fsp3) is 0.455. The Morgan fingerprint density at radius 2 is 1.85 bits per heavy atom. The molecule has 4 rings (SSSR count). The van der Waals surface area contributed by atoms with Gasteiger partial charge in [-0.15, -0.1) is 0 Å². The molecule has 0 aliphatic carbocycles. The standard InChI is InChI=1S/C22H28N6O4S/c1-16-21(17(2)25(3)24-16)33(31,32)28-11-6-10-26(13-14-28)20(29)9-12-27-15-23-19-8-5-4-7-18(19)22(27)30/h4-5,7-8,15H,6,9-14H2,1-3H3. The van der Waals surface area contributed by atoms with Crippen molar-refractivity contribution in [2.24, 2.45) is 7.05 Å². The zero-order chi connectivity index (χ0) is 23.8. The number of aromatic nitrogens is 4. The molecule has 0 spiro atoms. The van der Waals surface area contributed by atoms with E-state index in [1.165, 1.54) is 15.2 Å². The normalized spacial score (nSPS) is 15.7. The van der Waals surface area contributed by atoms with E-state index in [4.69, 9.17) is 0 Å². The summed E-state index contributed by atoms with van der Waals surface area (Å²) in [4.78, 5) is 31.7. The van der Waals surface area contributed by atoms with E-state index < -0.39 is 10.0 Å². The number of carbonyl (C=O) groups is 1. The first-order valence-corrected chi connectivity index (χ1v) is 12.4. The predicted molar refractivity (Wildman–Crippen MR) is 123 cm³/mol. The highest BCUT2D eigenvalue weighted by molar-refractivity contribution is 7.89. The van der Waals surface area contributed by atoms with Crippen molar-refractivity contribution in [1.29, 1.82) is 0 Å². The number of amides is 1. The van der Waals surface area contributed by atoms with Gasteiger partial charge < -0.3 is 4.90 Å². The third-order valence-electron chi connectivity index (χ3n) is 6.15. The summed E-state index contributed by atoms with van der Waals surface area (Å²) in [5, 5.41) is 4.75. The average molecular weight is 473 g/mol. The van der Waals surface area contributed by atoms with Crippen LogP contribution in [0, 0.1) is 13.8 Å². The third-order valence-corrected chi connectivity index (χ3v) is 8.30. The van der Waals surface area contributed by atoms with Crippen LogP contribution in [0.1, 0.15) is 24.2 Å². The van der Waals surface area contributed by atoms with Gasteiger partial charge in [0.1, 0.15) is 4.90 Å². The predicted octanol–water partition coefficient (Wildman–Crippen LogP) is 1.06. The number of hydrogen-bond donors (Lipinski definition) is 0. The van der Waals surface area contributed by atoms with Gasteiger partial charge in [-0.25, -0.2) is 13.4 Å². The van der Waals surface area contributed by atoms with E-state index in [9.17, 15) is 18.0 Å². The van der Waals surface area contributed by atoms with Gasteiger partial charge in [-0.3, -0.25) is 18.8 Å². The number of para-hydroxylation sites is 1. The van der Waals surface area contributed by atoms with Crippen molar-refractivity contribution in [1.82, 2.24) is 28.5 Å². The van der Waals surface area contributed by atoms with Crippen LogP contribution in [0.3, 0.4) is 0 Å². The van der Waals surface area contributed by atoms with Gasteiger partial charge >= 0.3 is 0 Å². The number of benzene rings is 1. The van der Waals surface area contributed by atoms with Crippen molar-refractivity contribution in [2.45, 2.75) is 38.1 Å². The Hall–Kier alpha value is -3.05. The van der Waals surface area contributed by atoms with Crippen molar-refractivity contribution in [2.75, 3.05) is 26.2 Å². The van der Waals surface area contributed by atoms with Gasteiger partial charge in [-0.2, -0.15) is 9.40 Å². The summed E-state index contributed by atoms with van der Waals surface area (Å²) in [7, 11) is -1.98. The molecule has 1 aliphatic rings. The fourth-order valence-corrected chi connectivity index (χ4v) is 6.15. The van der Waals surface area contributed by atoms with Crippen molar-refractivity contribution >= 4 is 26.8 Å². The van der Waals surface area contributed by atoms with Crippen LogP contribution in [-0.4, -0.2) is 69.0 Å². The van der Waals surface area contributed by atoms with Crippen LogP contribution in [0.5, 0.6) is 0 Å². The summed E-state index contributed by atoms with van der Waals surface area (Å²) in [6.45, 7) is 5.00. The lowest BCUT2D eigenvalue weighted by atomic mass is 10.2. The minimum absolute atomic E-state index is 0.108. The first kappa shape index (κ1) is 23.1. The Morgan fingerprint density at radius 1 is 1.09 bits per heavy atom. The minimum Gasteiger partial charge on any atom is -0.341 e. The Kier molecular flexibility index (Phi) is 6.35. The highest BCUT2D eigenvalue weighted by Crippen LogP contribution is 2.24. The molecule has 0 unspecified atom stereocenters. The van der Waals surface area contributed by atoms with Crippen LogP contribution < -0.4 is 5.56 Å². The molecule has 0 bridgehead atoms. The van der Waals surface area contributed by atoms with Crippen LogP contribution in [-0.2, 0) is 28.4 Å². The SMILES string of the molecule is Cc1nn(C)c(C)c1S(=O)(=O)N1CCCN(C(=O)CCn2cnc3ccccc3c2=O)CC1. The molecule has 1 saturated heterocycles. The average Bonchev–Trinajstić information content (AvgIpc) is 2.96. The lowest BCUT2D eigenvalue weighted by Crippen LogP contribution is -2.38. The van der Waals surface area contributed by atoms with Crippen molar-refractivity contribution in [3.05, 3.63) is 52.3 Å². The lowest BCUT2D eigenvalue weighted by Gasteiger charge is -2.22. The van der Waals surface area contributed by atoms with E-state index in [0.717, 1.165) is 0 Å². The molecule has 10 nitrogen and oxygen atoms in total. The monoisotopic (exact) mass is 472 g/mol. The van der Waals surface area contributed by atoms with Crippen molar-refractivity contribution < 1.29 is 13.2 Å². The molecule has 0 N–H and O–H groups in total. The first-order valence-electron chi connectivity index (χ1n) is 10.9. The van der Waals surface area contributed by atoms with E-state index in [2.05, 4.69) is 10.1 Å². The van der Waals surface area contributed by atoms with Crippen molar-refractivity contribution in [3.8, 4) is 0 Å². The summed E-state index contributed by atoms with van der Waals surface area (Å²) in [5.41, 5.74) is 1.52. The minimum atomic E-state index is -3.70. The summed E-state index contributed by atoms with van der Waals surface area (Å²) in [5.74, 6) is -0.108. The number of fused-ring (bicyclic) bond motifs is 1. The molecular formula is C22H28N6O4S. The molecule has 0 atom stereocenters. The summed E-state index contributed by atoms with van der Waals surface area (Å²) < 4.78 is 31.0. The molecule has 3 heterocycles. The number of nitrogens with zero attached hydrogens (tertiary/aromatic N) is 6. The van der Waals surface area contributed by atoms with Gasteiger partial charge in [-0.05, 0) is 32.4 Å². The number of sulfonamides is 1. The van der Waals surface area contributed by atoms with E-state index in [0.29, 0.717) is 48.3 Å². The highest BCUT2D eigenvalue weighted by atomic mass is 32.2. The van der Waals surface area contributed by atoms with E-state index in [1.54, 1.807) is 48.7 Å². The molecule has 33 heavy (non-hydrogen) atoms. The second-order valence-electron chi connectivity index (χ2n) is 8.27. The van der Waals surface area contributed by atoms with Gasteiger partial charge in [0, 0.05) is 46.2 Å². The molecule has 3 aromatic rings. The fourth-order valence-electron chi connectivity index (χ4n) is 4.28. The van der Waals surface area contributed by atoms with Crippen LogP contribution in [0.4, 0.5) is 0 Å². The number of hydrogen-bond acceptors (Lipinski definition) is 6. The second-order valence-corrected chi connectivity index (χ2v) is 10.1. The maximum atomic E-state index is 13.3. The van der Waals surface area contributed by atoms with Gasteiger partial charge in [0.2, 0.25) is 15.9 Å². The Labute approximate surface area is 192 Å². The molecule has 1 aliphatic heterocycles. The van der Waals surface area contributed by atoms with E-state index in [1.807, 2.05) is 6.07 Å². The Balaban J connectivity index is 1.42. The maximum Gasteiger partial charge on any atom is 0.261 e. The zero-order valence-corrected chi connectivity index (χ0v) is 19.9. The van der Waals surface area contributed by atoms with Crippen molar-refractivity contribution in [3.63, 3.8) is 0 Å². The molecular weight excluding hydrogens is 444 g/mol. The molecule has 11 heteroatoms. The van der Waals surface area contributed by atoms with Crippen LogP contribution in [0.2, 0.25) is 0 Å². The van der Waals surface area contributed by atoms with Gasteiger partial charge in [0.25, 0.3) is 5.56 Å². The smallest absolute Gasteiger partial charge is 0.261 e. The zero-order valence-electron chi connectivity index (χ0n) is 19.1. The number of aryl methyl sites for hydroxylation is 3. The quantitative estimate of drug-likeness (QED) is 0.549. The number of rotatable bonds is 5. The molecule has 176 valence electrons. The van der Waals surface area contributed by atoms with Gasteiger partial charge in [-0.1, -0.05) is 12.1 Å². The summed E-state index contributed by atoms with van der Waals surface area (Å²) in [6, 6.07) is 7.10. The Bertz CT molecular complexity index is 1360. The van der Waals surface area contributed by atoms with Gasteiger partial charge in [0.05, 0.1) is 28.6 Å². The molecule has 1 aromatic carbocycles. The Morgan fingerprint density at radius 3 is 2.58 bits per heavy atom. The largest absolute Gasteiger partial charge is 0.341 e. The topological polar surface area (TPSA) is 110 Å². The van der Waals surface area contributed by atoms with Crippen LogP contribution in [0.15, 0.2) is 40.3 Å². The van der Waals surface area contributed by atoms with E-state index in [-0.39, 0.29) is 35.9 Å². The van der Waals surface area contributed by atoms with E-state index >= 15 is 0 Å². The molecule has 0 radical (unpaired) electrons. The maximum absolute atomic E-state index is 13.3. The third kappa shape index (κ3) is 4.42. The highest BCUT2D eigenvalue weighted by Gasteiger charge is 2.32.